The molecule has 0 aliphatic rings. The zero-order valence-corrected chi connectivity index (χ0v) is 4.09. The Kier molecular flexibility index (Phi) is 1.63. The summed E-state index contributed by atoms with van der Waals surface area (Å²) in [5.74, 6) is 0. The third-order valence-electron chi connectivity index (χ3n) is 0. The summed E-state index contributed by atoms with van der Waals surface area (Å²) < 4.78 is 10.9. The maximum absolute atomic E-state index is 10.9. The summed E-state index contributed by atoms with van der Waals surface area (Å²) in [5, 5.41) is 0. The normalized spacial score (nSPS) is 6.50. The van der Waals surface area contributed by atoms with E-state index in [1.807, 2.05) is 0 Å². The predicted molar refractivity (Wildman–Crippen MR) is 19.7 cm³/mol. The molecule has 21 valence electrons. The predicted octanol–water partition coefficient (Wildman–Crippen LogP) is -0.374. The summed E-state index contributed by atoms with van der Waals surface area (Å²) in [5.41, 5.74) is 0. The van der Waals surface area contributed by atoms with Gasteiger partial charge in [-0.2, -0.15) is 0 Å². The van der Waals surface area contributed by atoms with Gasteiger partial charge in [0.25, 0.3) is 0 Å². The Morgan fingerprint density at radius 2 is 2.00 bits per heavy atom. The highest BCUT2D eigenvalue weighted by Gasteiger charge is 1.64. The molecule has 3 heteroatoms. The maximum atomic E-state index is 10.9. The molecule has 0 aliphatic carbocycles. The molecule has 0 aliphatic heterocycles. The molecule has 0 bridgehead atoms. The second-order valence-corrected chi connectivity index (χ2v) is 2.84. The van der Waals surface area contributed by atoms with Crippen LogP contribution in [0.3, 0.4) is 0 Å². The maximum Gasteiger partial charge on any atom is 0.196 e. The molecule has 0 heterocycles. The van der Waals surface area contributed by atoms with E-state index in [0.29, 0.717) is 0 Å². The molecule has 0 unspecified atom stereocenters. The third-order valence-corrected chi connectivity index (χ3v) is 0. The lowest BCUT2D eigenvalue weighted by Gasteiger charge is -1.55. The highest BCUT2D eigenvalue weighted by atomic mass is 29.2. The van der Waals surface area contributed by atoms with E-state index in [-0.39, 0.29) is 0 Å². The highest BCUT2D eigenvalue weighted by molar-refractivity contribution is 6.99. The van der Waals surface area contributed by atoms with Gasteiger partial charge < -0.3 is 0 Å². The van der Waals surface area contributed by atoms with Crippen molar-refractivity contribution in [2.45, 2.75) is 0 Å². The Balaban J connectivity index is 2.80. The zero-order chi connectivity index (χ0) is 3.58. The van der Waals surface area contributed by atoms with Gasteiger partial charge in [-0.1, -0.05) is 6.17 Å². The lowest BCUT2D eigenvalue weighted by molar-refractivity contribution is 0.888. The summed E-state index contributed by atoms with van der Waals surface area (Å²) in [7, 11) is 0.812. The van der Waals surface area contributed by atoms with E-state index in [4.69, 9.17) is 0 Å². The van der Waals surface area contributed by atoms with Crippen LogP contribution in [0.1, 0.15) is 0 Å². The van der Waals surface area contributed by atoms with Gasteiger partial charge in [0.1, 0.15) is 0 Å². The summed E-state index contributed by atoms with van der Waals surface area (Å²) in [6.07, 6.45) is 2.99. The lowest BCUT2D eigenvalue weighted by atomic mass is 12.0. The molecule has 0 N–H and O–H groups in total. The van der Waals surface area contributed by atoms with Crippen LogP contribution in [-0.4, -0.2) is 24.2 Å². The molecule has 3 radical (unpaired) electrons. The van der Waals surface area contributed by atoms with Crippen molar-refractivity contribution in [3.05, 3.63) is 0 Å². The molecule has 0 fully saturated rings. The summed E-state index contributed by atoms with van der Waals surface area (Å²) in [6.45, 7) is 0. The van der Waals surface area contributed by atoms with Crippen LogP contribution in [0.5, 0.6) is 0 Å². The first kappa shape index (κ1) is 4.23. The second kappa shape index (κ2) is 1.54. The van der Waals surface area contributed by atoms with Crippen LogP contribution in [0, 0.1) is 0 Å². The molecule has 0 amide bonds. The average Bonchev–Trinajstić information content (AvgIpc) is 0.811. The molecule has 0 aromatic heterocycles. The molecule has 0 spiro atoms. The van der Waals surface area contributed by atoms with Gasteiger partial charge in [-0.05, 0) is 0 Å². The van der Waals surface area contributed by atoms with Crippen molar-refractivity contribution in [3.8, 4) is 0 Å². The first-order valence-electron chi connectivity index (χ1n) is 0.793. The second-order valence-electron chi connectivity index (χ2n) is 0.405. The monoisotopic (exact) mass is 89.0 g/mol. The number of rotatable bonds is 0. The summed E-state index contributed by atoms with van der Waals surface area (Å²) in [6, 6.07) is 0. The first-order valence-corrected chi connectivity index (χ1v) is 3.88. The molecular weight excluding hydrogens is 87.2 g/mol. The van der Waals surface area contributed by atoms with Crippen molar-refractivity contribution in [2.24, 2.45) is 0 Å². The number of halogens is 1. The average molecular weight is 89.2 g/mol. The van der Waals surface area contributed by atoms with E-state index in [9.17, 15) is 4.11 Å². The smallest absolute Gasteiger partial charge is 0.196 e. The van der Waals surface area contributed by atoms with Gasteiger partial charge >= 0.3 is 0 Å². The standard InChI is InChI=1S/CH2FSi2/c1-4(2)3/h1H2. The van der Waals surface area contributed by atoms with Crippen molar-refractivity contribution >= 4 is 24.2 Å². The molecule has 4 heavy (non-hydrogen) atoms. The van der Waals surface area contributed by atoms with Crippen LogP contribution >= 0.6 is 0 Å². The quantitative estimate of drug-likeness (QED) is 0.280. The largest absolute Gasteiger partial charge is 0.289 e. The van der Waals surface area contributed by atoms with Crippen molar-refractivity contribution < 1.29 is 4.11 Å². The minimum atomic E-state index is -1.82. The van der Waals surface area contributed by atoms with Gasteiger partial charge in [-0.15, -0.1) is 0 Å². The Morgan fingerprint density at radius 1 is 2.00 bits per heavy atom. The molecule has 0 aromatic carbocycles. The van der Waals surface area contributed by atoms with Crippen LogP contribution in [0.2, 0.25) is 0 Å². The van der Waals surface area contributed by atoms with Crippen LogP contribution in [-0.2, 0) is 0 Å². The molecular formula is CH2FSi2. The Bertz CT molecular complexity index is 29.0. The minimum absolute atomic E-state index is 1.82. The molecule has 0 saturated carbocycles. The SMILES string of the molecule is C=[Si](F)[Si]. The Labute approximate surface area is 29.3 Å². The highest BCUT2D eigenvalue weighted by Crippen LogP contribution is 1.44. The number of hydrogen-bond acceptors (Lipinski definition) is 0. The van der Waals surface area contributed by atoms with E-state index in [1.54, 1.807) is 0 Å². The third kappa shape index (κ3) is 62.2. The van der Waals surface area contributed by atoms with Crippen molar-refractivity contribution in [3.63, 3.8) is 0 Å². The van der Waals surface area contributed by atoms with Gasteiger partial charge in [0.15, 0.2) is 8.26 Å². The zero-order valence-electron chi connectivity index (χ0n) is 2.09. The van der Waals surface area contributed by atoms with Crippen LogP contribution in [0.15, 0.2) is 0 Å². The van der Waals surface area contributed by atoms with Crippen molar-refractivity contribution in [2.75, 3.05) is 0 Å². The fourth-order valence-corrected chi connectivity index (χ4v) is 0. The lowest BCUT2D eigenvalue weighted by Crippen LogP contribution is -1.83. The van der Waals surface area contributed by atoms with Gasteiger partial charge in [-0.3, -0.25) is 4.11 Å². The van der Waals surface area contributed by atoms with E-state index >= 15 is 0 Å². The van der Waals surface area contributed by atoms with Gasteiger partial charge in [0, 0.05) is 0 Å². The van der Waals surface area contributed by atoms with Gasteiger partial charge in [0.2, 0.25) is 0 Å². The van der Waals surface area contributed by atoms with E-state index in [2.05, 4.69) is 15.9 Å². The van der Waals surface area contributed by atoms with Crippen LogP contribution in [0.25, 0.3) is 0 Å². The Hall–Kier alpha value is 0.234. The summed E-state index contributed by atoms with van der Waals surface area (Å²) in [4.78, 5) is 0. The van der Waals surface area contributed by atoms with Gasteiger partial charge in [-0.25, -0.2) is 0 Å². The number of hydrogen-bond donors (Lipinski definition) is 0. The van der Waals surface area contributed by atoms with E-state index in [1.165, 1.54) is 0 Å². The molecule has 0 rings (SSSR count). The molecule has 0 aromatic rings. The molecule has 0 saturated heterocycles. The van der Waals surface area contributed by atoms with Gasteiger partial charge in [0.05, 0.1) is 9.76 Å². The van der Waals surface area contributed by atoms with Crippen molar-refractivity contribution in [1.82, 2.24) is 0 Å². The fourth-order valence-electron chi connectivity index (χ4n) is 0. The topological polar surface area (TPSA) is 0 Å². The minimum Gasteiger partial charge on any atom is -0.289 e. The molecule has 0 atom stereocenters. The van der Waals surface area contributed by atoms with E-state index < -0.39 is 8.26 Å². The summed E-state index contributed by atoms with van der Waals surface area (Å²) >= 11 is 0. The first-order chi connectivity index (χ1) is 1.73. The fraction of sp³-hybridized carbons (Fsp3) is 0. The van der Waals surface area contributed by atoms with Crippen LogP contribution in [0.4, 0.5) is 4.11 Å². The molecule has 0 nitrogen and oxygen atoms in total. The van der Waals surface area contributed by atoms with Crippen molar-refractivity contribution in [1.29, 1.82) is 0 Å². The van der Waals surface area contributed by atoms with Crippen LogP contribution < -0.4 is 0 Å². The van der Waals surface area contributed by atoms with E-state index in [0.717, 1.165) is 0 Å². The Morgan fingerprint density at radius 3 is 2.00 bits per heavy atom.